The molecule has 2 aromatic rings. The summed E-state index contributed by atoms with van der Waals surface area (Å²) in [4.78, 5) is 22.0. The van der Waals surface area contributed by atoms with Gasteiger partial charge < -0.3 is 9.80 Å². The minimum atomic E-state index is 0.286. The Hall–Kier alpha value is -2.37. The van der Waals surface area contributed by atoms with Gasteiger partial charge in [-0.25, -0.2) is 0 Å². The first kappa shape index (κ1) is 19.9. The fraction of sp³-hybridized carbons (Fsp3) is 0.458. The first-order valence-electron chi connectivity index (χ1n) is 10.8. The van der Waals surface area contributed by atoms with Crippen LogP contribution in [0.4, 0.5) is 5.69 Å². The standard InChI is InChI=1S/C24H32N4O/c1-21-6-5-7-22(18-21)19-25-12-16-28(17-13-25)24(29)20-26-10-14-27(15-11-26)23-8-3-2-4-9-23/h2-9,18H,10-17,19-20H2,1H3. The summed E-state index contributed by atoms with van der Waals surface area (Å²) in [6, 6.07) is 19.3. The predicted molar refractivity (Wildman–Crippen MR) is 118 cm³/mol. The molecule has 0 bridgehead atoms. The zero-order valence-electron chi connectivity index (χ0n) is 17.5. The van der Waals surface area contributed by atoms with Crippen molar-refractivity contribution in [1.29, 1.82) is 0 Å². The van der Waals surface area contributed by atoms with Gasteiger partial charge in [0.05, 0.1) is 6.54 Å². The average molecular weight is 393 g/mol. The highest BCUT2D eigenvalue weighted by Gasteiger charge is 2.24. The molecule has 1 amide bonds. The van der Waals surface area contributed by atoms with Gasteiger partial charge in [-0.3, -0.25) is 14.6 Å². The summed E-state index contributed by atoms with van der Waals surface area (Å²) in [5.74, 6) is 0.286. The summed E-state index contributed by atoms with van der Waals surface area (Å²) in [7, 11) is 0. The lowest BCUT2D eigenvalue weighted by Crippen LogP contribution is -2.53. The van der Waals surface area contributed by atoms with Crippen LogP contribution < -0.4 is 4.90 Å². The van der Waals surface area contributed by atoms with Crippen molar-refractivity contribution < 1.29 is 4.79 Å². The van der Waals surface area contributed by atoms with Gasteiger partial charge in [-0.1, -0.05) is 48.0 Å². The minimum Gasteiger partial charge on any atom is -0.369 e. The number of rotatable bonds is 5. The number of carbonyl (C=O) groups is 1. The Labute approximate surface area is 174 Å². The number of piperazine rings is 2. The van der Waals surface area contributed by atoms with Crippen LogP contribution in [-0.2, 0) is 11.3 Å². The van der Waals surface area contributed by atoms with Crippen molar-refractivity contribution in [2.45, 2.75) is 13.5 Å². The maximum absolute atomic E-state index is 12.8. The van der Waals surface area contributed by atoms with Crippen LogP contribution in [-0.4, -0.2) is 79.5 Å². The second-order valence-corrected chi connectivity index (χ2v) is 8.24. The molecule has 29 heavy (non-hydrogen) atoms. The maximum Gasteiger partial charge on any atom is 0.236 e. The van der Waals surface area contributed by atoms with Crippen LogP contribution in [0, 0.1) is 6.92 Å². The van der Waals surface area contributed by atoms with E-state index in [9.17, 15) is 4.79 Å². The zero-order valence-corrected chi connectivity index (χ0v) is 17.5. The van der Waals surface area contributed by atoms with Crippen molar-refractivity contribution in [2.24, 2.45) is 0 Å². The summed E-state index contributed by atoms with van der Waals surface area (Å²) in [6.45, 7) is 11.2. The molecular weight excluding hydrogens is 360 g/mol. The topological polar surface area (TPSA) is 30.0 Å². The number of benzene rings is 2. The molecular formula is C24H32N4O. The molecule has 0 N–H and O–H groups in total. The molecule has 4 rings (SSSR count). The molecule has 2 aliphatic heterocycles. The summed E-state index contributed by atoms with van der Waals surface area (Å²) >= 11 is 0. The van der Waals surface area contributed by atoms with Gasteiger partial charge in [-0.2, -0.15) is 0 Å². The molecule has 0 aliphatic carbocycles. The Balaban J connectivity index is 1.19. The van der Waals surface area contributed by atoms with Gasteiger partial charge in [-0.15, -0.1) is 0 Å². The van der Waals surface area contributed by atoms with Gasteiger partial charge >= 0.3 is 0 Å². The Morgan fingerprint density at radius 2 is 1.48 bits per heavy atom. The molecule has 0 unspecified atom stereocenters. The predicted octanol–water partition coefficient (Wildman–Crippen LogP) is 2.46. The Morgan fingerprint density at radius 3 is 2.17 bits per heavy atom. The van der Waals surface area contributed by atoms with Crippen LogP contribution in [0.15, 0.2) is 54.6 Å². The normalized spacial score (nSPS) is 18.8. The minimum absolute atomic E-state index is 0.286. The van der Waals surface area contributed by atoms with Gasteiger partial charge in [-0.05, 0) is 24.6 Å². The lowest BCUT2D eigenvalue weighted by Gasteiger charge is -2.38. The Morgan fingerprint density at radius 1 is 0.793 bits per heavy atom. The van der Waals surface area contributed by atoms with Gasteiger partial charge in [0.15, 0.2) is 0 Å². The third-order valence-electron chi connectivity index (χ3n) is 6.07. The lowest BCUT2D eigenvalue weighted by atomic mass is 10.1. The lowest BCUT2D eigenvalue weighted by molar-refractivity contribution is -0.134. The second kappa shape index (κ2) is 9.42. The summed E-state index contributed by atoms with van der Waals surface area (Å²) in [5.41, 5.74) is 3.95. The van der Waals surface area contributed by atoms with E-state index in [1.807, 2.05) is 0 Å². The van der Waals surface area contributed by atoms with Crippen LogP contribution in [0.1, 0.15) is 11.1 Å². The number of hydrogen-bond donors (Lipinski definition) is 0. The smallest absolute Gasteiger partial charge is 0.236 e. The van der Waals surface area contributed by atoms with Crippen molar-refractivity contribution in [2.75, 3.05) is 63.8 Å². The van der Waals surface area contributed by atoms with Crippen molar-refractivity contribution in [3.8, 4) is 0 Å². The Kier molecular flexibility index (Phi) is 6.47. The molecule has 5 nitrogen and oxygen atoms in total. The molecule has 0 aromatic heterocycles. The third kappa shape index (κ3) is 5.37. The quantitative estimate of drug-likeness (QED) is 0.782. The number of nitrogens with zero attached hydrogens (tertiary/aromatic N) is 4. The number of para-hydroxylation sites is 1. The SMILES string of the molecule is Cc1cccc(CN2CCN(C(=O)CN3CCN(c4ccccc4)CC3)CC2)c1. The largest absolute Gasteiger partial charge is 0.369 e. The fourth-order valence-electron chi connectivity index (χ4n) is 4.32. The number of aryl methyl sites for hydroxylation is 1. The van der Waals surface area contributed by atoms with Crippen molar-refractivity contribution >= 4 is 11.6 Å². The van der Waals surface area contributed by atoms with E-state index < -0.39 is 0 Å². The second-order valence-electron chi connectivity index (χ2n) is 8.24. The van der Waals surface area contributed by atoms with Crippen LogP contribution in [0.2, 0.25) is 0 Å². The molecule has 2 saturated heterocycles. The molecule has 5 heteroatoms. The van der Waals surface area contributed by atoms with Gasteiger partial charge in [0.25, 0.3) is 0 Å². The molecule has 2 aliphatic rings. The molecule has 154 valence electrons. The average Bonchev–Trinajstić information content (AvgIpc) is 2.75. The van der Waals surface area contributed by atoms with Crippen molar-refractivity contribution in [3.63, 3.8) is 0 Å². The van der Waals surface area contributed by atoms with Crippen LogP contribution in [0.25, 0.3) is 0 Å². The molecule has 0 spiro atoms. The van der Waals surface area contributed by atoms with Crippen molar-refractivity contribution in [1.82, 2.24) is 14.7 Å². The van der Waals surface area contributed by atoms with E-state index in [-0.39, 0.29) is 5.91 Å². The van der Waals surface area contributed by atoms with Crippen molar-refractivity contribution in [3.05, 3.63) is 65.7 Å². The molecule has 2 heterocycles. The highest BCUT2D eigenvalue weighted by molar-refractivity contribution is 5.78. The van der Waals surface area contributed by atoms with E-state index in [1.54, 1.807) is 0 Å². The molecule has 0 saturated carbocycles. The highest BCUT2D eigenvalue weighted by Crippen LogP contribution is 2.16. The zero-order chi connectivity index (χ0) is 20.1. The summed E-state index contributed by atoms with van der Waals surface area (Å²) in [6.07, 6.45) is 0. The highest BCUT2D eigenvalue weighted by atomic mass is 16.2. The van der Waals surface area contributed by atoms with Crippen LogP contribution in [0.3, 0.4) is 0 Å². The molecule has 2 fully saturated rings. The van der Waals surface area contributed by atoms with Gasteiger partial charge in [0.2, 0.25) is 5.91 Å². The van der Waals surface area contributed by atoms with E-state index in [0.29, 0.717) is 6.54 Å². The molecule has 0 radical (unpaired) electrons. The van der Waals surface area contributed by atoms with E-state index in [1.165, 1.54) is 16.8 Å². The number of amides is 1. The van der Waals surface area contributed by atoms with Crippen LogP contribution >= 0.6 is 0 Å². The fourth-order valence-corrected chi connectivity index (χ4v) is 4.32. The van der Waals surface area contributed by atoms with Crippen LogP contribution in [0.5, 0.6) is 0 Å². The third-order valence-corrected chi connectivity index (χ3v) is 6.07. The van der Waals surface area contributed by atoms with Gasteiger partial charge in [0.1, 0.15) is 0 Å². The molecule has 2 aromatic carbocycles. The first-order chi connectivity index (χ1) is 14.2. The van der Waals surface area contributed by atoms with E-state index in [2.05, 4.69) is 81.1 Å². The Bertz CT molecular complexity index is 794. The van der Waals surface area contributed by atoms with E-state index in [0.717, 1.165) is 58.9 Å². The number of anilines is 1. The summed E-state index contributed by atoms with van der Waals surface area (Å²) < 4.78 is 0. The number of hydrogen-bond acceptors (Lipinski definition) is 4. The van der Waals surface area contributed by atoms with E-state index in [4.69, 9.17) is 0 Å². The summed E-state index contributed by atoms with van der Waals surface area (Å²) in [5, 5.41) is 0. The number of carbonyl (C=O) groups excluding carboxylic acids is 1. The monoisotopic (exact) mass is 392 g/mol. The molecule has 0 atom stereocenters. The van der Waals surface area contributed by atoms with Gasteiger partial charge in [0, 0.05) is 64.6 Å². The first-order valence-corrected chi connectivity index (χ1v) is 10.8. The maximum atomic E-state index is 12.8. The van der Waals surface area contributed by atoms with E-state index >= 15 is 0 Å².